The highest BCUT2D eigenvalue weighted by Gasteiger charge is 2.18. The molecule has 0 spiro atoms. The summed E-state index contributed by atoms with van der Waals surface area (Å²) >= 11 is 0. The molecule has 1 amide bonds. The molecule has 0 bridgehead atoms. The van der Waals surface area contributed by atoms with Crippen molar-refractivity contribution in [3.8, 4) is 5.69 Å². The van der Waals surface area contributed by atoms with E-state index in [4.69, 9.17) is 0 Å². The zero-order valence-electron chi connectivity index (χ0n) is 12.2. The first kappa shape index (κ1) is 14.6. The molecule has 1 aliphatic rings. The van der Waals surface area contributed by atoms with Crippen molar-refractivity contribution in [1.29, 1.82) is 0 Å². The van der Waals surface area contributed by atoms with Crippen molar-refractivity contribution in [2.75, 3.05) is 0 Å². The van der Waals surface area contributed by atoms with Gasteiger partial charge in [0.25, 0.3) is 0 Å². The number of amides is 1. The standard InChI is InChI=1S/C15H18FN5O/c16-12-6-3-7-13(9-12)21-14(18-19-20-21)10-17-15(22)8-11-4-1-2-5-11/h3,6-7,9,11H,1-2,4-5,8,10H2,(H,17,22). The van der Waals surface area contributed by atoms with E-state index in [1.54, 1.807) is 12.1 Å². The summed E-state index contributed by atoms with van der Waals surface area (Å²) in [5.41, 5.74) is 0.532. The molecule has 0 aliphatic heterocycles. The van der Waals surface area contributed by atoms with Crippen molar-refractivity contribution >= 4 is 5.91 Å². The molecule has 1 aliphatic carbocycles. The van der Waals surface area contributed by atoms with Gasteiger partial charge in [0.1, 0.15) is 5.82 Å². The van der Waals surface area contributed by atoms with E-state index in [2.05, 4.69) is 20.8 Å². The van der Waals surface area contributed by atoms with E-state index >= 15 is 0 Å². The van der Waals surface area contributed by atoms with E-state index in [1.807, 2.05) is 0 Å². The average molecular weight is 303 g/mol. The van der Waals surface area contributed by atoms with Gasteiger partial charge in [-0.2, -0.15) is 4.68 Å². The number of halogens is 1. The van der Waals surface area contributed by atoms with Crippen LogP contribution in [0.2, 0.25) is 0 Å². The van der Waals surface area contributed by atoms with E-state index in [0.717, 1.165) is 12.8 Å². The Labute approximate surface area is 127 Å². The van der Waals surface area contributed by atoms with Crippen molar-refractivity contribution in [2.45, 2.75) is 38.6 Å². The molecule has 1 aromatic heterocycles. The highest BCUT2D eigenvalue weighted by atomic mass is 19.1. The van der Waals surface area contributed by atoms with E-state index < -0.39 is 0 Å². The Kier molecular flexibility index (Phi) is 4.41. The number of hydrogen-bond acceptors (Lipinski definition) is 4. The number of nitrogens with one attached hydrogen (secondary N) is 1. The number of nitrogens with zero attached hydrogens (tertiary/aromatic N) is 4. The molecule has 22 heavy (non-hydrogen) atoms. The summed E-state index contributed by atoms with van der Waals surface area (Å²) in [6.45, 7) is 0.231. The zero-order chi connectivity index (χ0) is 15.4. The zero-order valence-corrected chi connectivity index (χ0v) is 12.2. The number of carbonyl (C=O) groups is 1. The quantitative estimate of drug-likeness (QED) is 0.917. The number of hydrogen-bond donors (Lipinski definition) is 1. The Morgan fingerprint density at radius 2 is 2.18 bits per heavy atom. The molecular formula is C15H18FN5O. The average Bonchev–Trinajstić information content (AvgIpc) is 3.16. The lowest BCUT2D eigenvalue weighted by atomic mass is 10.0. The molecule has 0 atom stereocenters. The van der Waals surface area contributed by atoms with Crippen molar-refractivity contribution < 1.29 is 9.18 Å². The Balaban J connectivity index is 1.61. The third-order valence-electron chi connectivity index (χ3n) is 3.98. The van der Waals surface area contributed by atoms with Crippen LogP contribution >= 0.6 is 0 Å². The first-order valence-corrected chi connectivity index (χ1v) is 7.52. The highest BCUT2D eigenvalue weighted by molar-refractivity contribution is 5.76. The molecule has 1 saturated carbocycles. The first-order valence-electron chi connectivity index (χ1n) is 7.52. The number of benzene rings is 1. The molecule has 1 N–H and O–H groups in total. The van der Waals surface area contributed by atoms with E-state index in [-0.39, 0.29) is 18.3 Å². The Morgan fingerprint density at radius 1 is 1.36 bits per heavy atom. The summed E-state index contributed by atoms with van der Waals surface area (Å²) < 4.78 is 14.7. The Bertz CT molecular complexity index is 651. The fourth-order valence-electron chi connectivity index (χ4n) is 2.85. The maximum Gasteiger partial charge on any atom is 0.220 e. The lowest BCUT2D eigenvalue weighted by Gasteiger charge is -2.09. The van der Waals surface area contributed by atoms with Gasteiger partial charge in [0, 0.05) is 6.42 Å². The molecule has 1 heterocycles. The highest BCUT2D eigenvalue weighted by Crippen LogP contribution is 2.27. The van der Waals surface area contributed by atoms with Crippen LogP contribution < -0.4 is 5.32 Å². The van der Waals surface area contributed by atoms with Crippen molar-refractivity contribution in [3.05, 3.63) is 35.9 Å². The summed E-state index contributed by atoms with van der Waals surface area (Å²) in [7, 11) is 0. The molecular weight excluding hydrogens is 285 g/mol. The van der Waals surface area contributed by atoms with Gasteiger partial charge in [-0.15, -0.1) is 5.10 Å². The molecule has 3 rings (SSSR count). The second-order valence-electron chi connectivity index (χ2n) is 5.62. The van der Waals surface area contributed by atoms with Crippen LogP contribution in [0.25, 0.3) is 5.69 Å². The third-order valence-corrected chi connectivity index (χ3v) is 3.98. The number of rotatable bonds is 5. The minimum absolute atomic E-state index is 0.0145. The SMILES string of the molecule is O=C(CC1CCCC1)NCc1nnnn1-c1cccc(F)c1. The smallest absolute Gasteiger partial charge is 0.220 e. The van der Waals surface area contributed by atoms with Crippen LogP contribution in [-0.2, 0) is 11.3 Å². The summed E-state index contributed by atoms with van der Waals surface area (Å²) in [5.74, 6) is 0.634. The van der Waals surface area contributed by atoms with Crippen molar-refractivity contribution in [2.24, 2.45) is 5.92 Å². The third kappa shape index (κ3) is 3.47. The molecule has 0 radical (unpaired) electrons. The fourth-order valence-corrected chi connectivity index (χ4v) is 2.85. The van der Waals surface area contributed by atoms with E-state index in [1.165, 1.54) is 29.7 Å². The molecule has 2 aromatic rings. The van der Waals surface area contributed by atoms with Gasteiger partial charge in [-0.05, 0) is 47.4 Å². The topological polar surface area (TPSA) is 72.7 Å². The van der Waals surface area contributed by atoms with Crippen molar-refractivity contribution in [3.63, 3.8) is 0 Å². The van der Waals surface area contributed by atoms with Crippen LogP contribution in [0.15, 0.2) is 24.3 Å². The van der Waals surface area contributed by atoms with Crippen LogP contribution in [0.5, 0.6) is 0 Å². The molecule has 0 unspecified atom stereocenters. The Morgan fingerprint density at radius 3 is 2.95 bits per heavy atom. The van der Waals surface area contributed by atoms with Gasteiger partial charge in [0.15, 0.2) is 5.82 Å². The lowest BCUT2D eigenvalue weighted by molar-refractivity contribution is -0.122. The van der Waals surface area contributed by atoms with Crippen LogP contribution in [0.4, 0.5) is 4.39 Å². The van der Waals surface area contributed by atoms with Gasteiger partial charge in [-0.3, -0.25) is 4.79 Å². The monoisotopic (exact) mass is 303 g/mol. The van der Waals surface area contributed by atoms with Gasteiger partial charge < -0.3 is 5.32 Å². The van der Waals surface area contributed by atoms with Gasteiger partial charge in [-0.1, -0.05) is 18.9 Å². The maximum absolute atomic E-state index is 13.3. The predicted octanol–water partition coefficient (Wildman–Crippen LogP) is 2.00. The van der Waals surface area contributed by atoms with Crippen LogP contribution in [0, 0.1) is 11.7 Å². The van der Waals surface area contributed by atoms with Gasteiger partial charge >= 0.3 is 0 Å². The fraction of sp³-hybridized carbons (Fsp3) is 0.467. The van der Waals surface area contributed by atoms with Gasteiger partial charge in [0.2, 0.25) is 5.91 Å². The Hall–Kier alpha value is -2.31. The largest absolute Gasteiger partial charge is 0.349 e. The summed E-state index contributed by atoms with van der Waals surface area (Å²) in [6, 6.07) is 6.01. The summed E-state index contributed by atoms with van der Waals surface area (Å²) in [5, 5.41) is 14.2. The number of carbonyl (C=O) groups excluding carboxylic acids is 1. The molecule has 1 fully saturated rings. The molecule has 0 saturated heterocycles. The molecule has 1 aromatic carbocycles. The predicted molar refractivity (Wildman–Crippen MR) is 77.5 cm³/mol. The summed E-state index contributed by atoms with van der Waals surface area (Å²) in [6.07, 6.45) is 5.26. The normalized spacial score (nSPS) is 15.1. The minimum atomic E-state index is -0.357. The van der Waals surface area contributed by atoms with Crippen LogP contribution in [0.1, 0.15) is 37.9 Å². The second-order valence-corrected chi connectivity index (χ2v) is 5.62. The van der Waals surface area contributed by atoms with E-state index in [9.17, 15) is 9.18 Å². The molecule has 7 heteroatoms. The minimum Gasteiger partial charge on any atom is -0.349 e. The number of aromatic nitrogens is 4. The van der Waals surface area contributed by atoms with Crippen LogP contribution in [0.3, 0.4) is 0 Å². The summed E-state index contributed by atoms with van der Waals surface area (Å²) in [4.78, 5) is 11.9. The molecule has 116 valence electrons. The van der Waals surface area contributed by atoms with Gasteiger partial charge in [0.05, 0.1) is 12.2 Å². The maximum atomic E-state index is 13.3. The second kappa shape index (κ2) is 6.64. The first-order chi connectivity index (χ1) is 10.7. The van der Waals surface area contributed by atoms with Gasteiger partial charge in [-0.25, -0.2) is 4.39 Å². The van der Waals surface area contributed by atoms with Crippen molar-refractivity contribution in [1.82, 2.24) is 25.5 Å². The number of tetrazole rings is 1. The molecule has 6 nitrogen and oxygen atoms in total. The van der Waals surface area contributed by atoms with Crippen LogP contribution in [-0.4, -0.2) is 26.1 Å². The van der Waals surface area contributed by atoms with E-state index in [0.29, 0.717) is 23.9 Å². The lowest BCUT2D eigenvalue weighted by Crippen LogP contribution is -2.26.